The van der Waals surface area contributed by atoms with Crippen LogP contribution in [0.25, 0.3) is 0 Å². The van der Waals surface area contributed by atoms with E-state index in [1.165, 1.54) is 0 Å². The molecule has 0 aliphatic carbocycles. The van der Waals surface area contributed by atoms with Gasteiger partial charge in [-0.15, -0.1) is 0 Å². The molecule has 0 unspecified atom stereocenters. The number of amides is 1. The second kappa shape index (κ2) is 6.95. The molecule has 26 heavy (non-hydrogen) atoms. The summed E-state index contributed by atoms with van der Waals surface area (Å²) in [6.45, 7) is 10.3. The molecule has 0 N–H and O–H groups in total. The number of anilines is 1. The summed E-state index contributed by atoms with van der Waals surface area (Å²) in [5.41, 5.74) is 3.74. The fourth-order valence-corrected chi connectivity index (χ4v) is 3.31. The molecule has 0 bridgehead atoms. The van der Waals surface area contributed by atoms with Crippen molar-refractivity contribution in [2.75, 3.05) is 11.4 Å². The number of hydrogen-bond acceptors (Lipinski definition) is 3. The van der Waals surface area contributed by atoms with E-state index in [0.717, 1.165) is 44.8 Å². The van der Waals surface area contributed by atoms with Crippen molar-refractivity contribution in [3.05, 3.63) is 51.5 Å². The molecule has 0 saturated heterocycles. The maximum Gasteiger partial charge on any atom is 0.414 e. The number of aryl methyl sites for hydroxylation is 1. The highest BCUT2D eigenvalue weighted by Crippen LogP contribution is 2.38. The molecular formula is C21H24BrNO3. The Hall–Kier alpha value is -2.01. The minimum Gasteiger partial charge on any atom is -0.457 e. The van der Waals surface area contributed by atoms with Crippen molar-refractivity contribution in [3.8, 4) is 11.5 Å². The number of fused-ring (bicyclic) bond motifs is 1. The van der Waals surface area contributed by atoms with E-state index in [9.17, 15) is 4.79 Å². The number of halogens is 1. The largest absolute Gasteiger partial charge is 0.457 e. The van der Waals surface area contributed by atoms with Crippen LogP contribution in [-0.4, -0.2) is 18.2 Å². The molecule has 1 aliphatic heterocycles. The Balaban J connectivity index is 1.85. The van der Waals surface area contributed by atoms with E-state index in [1.54, 1.807) is 4.90 Å². The zero-order valence-corrected chi connectivity index (χ0v) is 17.4. The Morgan fingerprint density at radius 2 is 1.88 bits per heavy atom. The van der Waals surface area contributed by atoms with Crippen LogP contribution in [-0.2, 0) is 11.2 Å². The Kier molecular flexibility index (Phi) is 5.02. The average Bonchev–Trinajstić information content (AvgIpc) is 2.97. The van der Waals surface area contributed by atoms with E-state index in [1.807, 2.05) is 65.0 Å². The predicted octanol–water partition coefficient (Wildman–Crippen LogP) is 6.16. The number of carbonyl (C=O) groups is 1. The van der Waals surface area contributed by atoms with Gasteiger partial charge in [-0.1, -0.05) is 15.9 Å². The SMILES string of the molecule is Cc1cc(Oc2ccc3c(c2C)CCN3C(=O)OC(C)(C)C)ccc1Br. The normalized spacial score (nSPS) is 13.5. The average molecular weight is 418 g/mol. The standard InChI is InChI=1S/C21H24BrNO3/c1-13-12-15(6-7-17(13)22)25-19-9-8-18-16(14(19)2)10-11-23(18)20(24)26-21(3,4)5/h6-9,12H,10-11H2,1-5H3. The lowest BCUT2D eigenvalue weighted by Crippen LogP contribution is -2.35. The van der Waals surface area contributed by atoms with E-state index < -0.39 is 5.60 Å². The van der Waals surface area contributed by atoms with Gasteiger partial charge < -0.3 is 9.47 Å². The van der Waals surface area contributed by atoms with E-state index in [0.29, 0.717) is 6.54 Å². The first-order valence-electron chi connectivity index (χ1n) is 8.73. The second-order valence-corrected chi connectivity index (χ2v) is 8.44. The van der Waals surface area contributed by atoms with Crippen LogP contribution in [0.3, 0.4) is 0 Å². The van der Waals surface area contributed by atoms with Gasteiger partial charge in [0.15, 0.2) is 0 Å². The molecular weight excluding hydrogens is 394 g/mol. The zero-order chi connectivity index (χ0) is 19.1. The number of ether oxygens (including phenoxy) is 2. The first kappa shape index (κ1) is 18.8. The summed E-state index contributed by atoms with van der Waals surface area (Å²) in [5, 5.41) is 0. The lowest BCUT2D eigenvalue weighted by molar-refractivity contribution is 0.0584. The highest BCUT2D eigenvalue weighted by Gasteiger charge is 2.30. The van der Waals surface area contributed by atoms with Crippen molar-refractivity contribution >= 4 is 27.7 Å². The molecule has 1 aliphatic rings. The van der Waals surface area contributed by atoms with Gasteiger partial charge in [-0.3, -0.25) is 4.90 Å². The van der Waals surface area contributed by atoms with Gasteiger partial charge in [0, 0.05) is 11.0 Å². The molecule has 0 fully saturated rings. The van der Waals surface area contributed by atoms with Crippen LogP contribution in [0.5, 0.6) is 11.5 Å². The van der Waals surface area contributed by atoms with Crippen molar-refractivity contribution in [3.63, 3.8) is 0 Å². The molecule has 5 heteroatoms. The topological polar surface area (TPSA) is 38.8 Å². The van der Waals surface area contributed by atoms with Crippen LogP contribution in [0, 0.1) is 13.8 Å². The fraction of sp³-hybridized carbons (Fsp3) is 0.381. The first-order valence-corrected chi connectivity index (χ1v) is 9.52. The Bertz CT molecular complexity index is 855. The van der Waals surface area contributed by atoms with Crippen LogP contribution in [0.2, 0.25) is 0 Å². The van der Waals surface area contributed by atoms with E-state index >= 15 is 0 Å². The Labute approximate surface area is 163 Å². The molecule has 0 saturated carbocycles. The fourth-order valence-electron chi connectivity index (χ4n) is 3.06. The smallest absolute Gasteiger partial charge is 0.414 e. The van der Waals surface area contributed by atoms with Gasteiger partial charge in [-0.25, -0.2) is 4.79 Å². The van der Waals surface area contributed by atoms with Gasteiger partial charge in [-0.2, -0.15) is 0 Å². The molecule has 0 spiro atoms. The molecule has 1 heterocycles. The van der Waals surface area contributed by atoms with Crippen molar-refractivity contribution in [1.29, 1.82) is 0 Å². The summed E-state index contributed by atoms with van der Waals surface area (Å²) in [6, 6.07) is 9.80. The number of carbonyl (C=O) groups excluding carboxylic acids is 1. The van der Waals surface area contributed by atoms with Crippen LogP contribution in [0.1, 0.15) is 37.5 Å². The predicted molar refractivity (Wildman–Crippen MR) is 107 cm³/mol. The highest BCUT2D eigenvalue weighted by atomic mass is 79.9. The summed E-state index contributed by atoms with van der Waals surface area (Å²) in [4.78, 5) is 14.2. The quantitative estimate of drug-likeness (QED) is 0.587. The van der Waals surface area contributed by atoms with E-state index in [4.69, 9.17) is 9.47 Å². The minimum atomic E-state index is -0.503. The summed E-state index contributed by atoms with van der Waals surface area (Å²) >= 11 is 3.51. The first-order chi connectivity index (χ1) is 12.2. The number of nitrogens with zero attached hydrogens (tertiary/aromatic N) is 1. The highest BCUT2D eigenvalue weighted by molar-refractivity contribution is 9.10. The summed E-state index contributed by atoms with van der Waals surface area (Å²) < 4.78 is 12.7. The van der Waals surface area contributed by atoms with Crippen LogP contribution in [0.4, 0.5) is 10.5 Å². The molecule has 138 valence electrons. The maximum absolute atomic E-state index is 12.4. The van der Waals surface area contributed by atoms with Gasteiger partial charge in [0.05, 0.1) is 5.69 Å². The van der Waals surface area contributed by atoms with Crippen LogP contribution in [0.15, 0.2) is 34.8 Å². The second-order valence-electron chi connectivity index (χ2n) is 7.58. The van der Waals surface area contributed by atoms with Crippen molar-refractivity contribution in [1.82, 2.24) is 0 Å². The third kappa shape index (κ3) is 3.88. The molecule has 0 radical (unpaired) electrons. The molecule has 2 aromatic rings. The van der Waals surface area contributed by atoms with E-state index in [-0.39, 0.29) is 6.09 Å². The third-order valence-corrected chi connectivity index (χ3v) is 5.26. The van der Waals surface area contributed by atoms with Gasteiger partial charge in [-0.05, 0) is 88.1 Å². The maximum atomic E-state index is 12.4. The van der Waals surface area contributed by atoms with Gasteiger partial charge >= 0.3 is 6.09 Å². The molecule has 4 nitrogen and oxygen atoms in total. The molecule has 3 rings (SSSR count). The van der Waals surface area contributed by atoms with Crippen molar-refractivity contribution < 1.29 is 14.3 Å². The monoisotopic (exact) mass is 417 g/mol. The molecule has 1 amide bonds. The third-order valence-electron chi connectivity index (χ3n) is 4.37. The van der Waals surface area contributed by atoms with Crippen molar-refractivity contribution in [2.24, 2.45) is 0 Å². The summed E-state index contributed by atoms with van der Waals surface area (Å²) in [5.74, 6) is 1.62. The summed E-state index contributed by atoms with van der Waals surface area (Å²) in [6.07, 6.45) is 0.504. The lowest BCUT2D eigenvalue weighted by Gasteiger charge is -2.25. The van der Waals surface area contributed by atoms with Gasteiger partial charge in [0.1, 0.15) is 17.1 Å². The van der Waals surface area contributed by atoms with E-state index in [2.05, 4.69) is 15.9 Å². The number of hydrogen-bond donors (Lipinski definition) is 0. The lowest BCUT2D eigenvalue weighted by atomic mass is 10.1. The number of benzene rings is 2. The Morgan fingerprint density at radius 1 is 1.15 bits per heavy atom. The van der Waals surface area contributed by atoms with Gasteiger partial charge in [0.25, 0.3) is 0 Å². The number of rotatable bonds is 2. The van der Waals surface area contributed by atoms with Gasteiger partial charge in [0.2, 0.25) is 0 Å². The van der Waals surface area contributed by atoms with Crippen molar-refractivity contribution in [2.45, 2.75) is 46.6 Å². The summed E-state index contributed by atoms with van der Waals surface area (Å²) in [7, 11) is 0. The molecule has 0 aromatic heterocycles. The molecule has 2 aromatic carbocycles. The van der Waals surface area contributed by atoms with Crippen LogP contribution >= 0.6 is 15.9 Å². The zero-order valence-electron chi connectivity index (χ0n) is 15.9. The minimum absolute atomic E-state index is 0.298. The Morgan fingerprint density at radius 3 is 2.54 bits per heavy atom. The van der Waals surface area contributed by atoms with Crippen LogP contribution < -0.4 is 9.64 Å². The molecule has 0 atom stereocenters.